The number of rotatable bonds is 9. The van der Waals surface area contributed by atoms with Crippen molar-refractivity contribution in [2.75, 3.05) is 19.0 Å². The van der Waals surface area contributed by atoms with E-state index in [1.807, 2.05) is 36.4 Å². The molecule has 0 heterocycles. The van der Waals surface area contributed by atoms with Gasteiger partial charge in [-0.1, -0.05) is 36.3 Å². The number of ether oxygens (including phenoxy) is 3. The van der Waals surface area contributed by atoms with Gasteiger partial charge in [0.25, 0.3) is 5.91 Å². The third-order valence-corrected chi connectivity index (χ3v) is 4.56. The lowest BCUT2D eigenvalue weighted by molar-refractivity contribution is -0.112. The van der Waals surface area contributed by atoms with Gasteiger partial charge in [0.15, 0.2) is 0 Å². The van der Waals surface area contributed by atoms with Gasteiger partial charge < -0.3 is 19.5 Å². The van der Waals surface area contributed by atoms with Gasteiger partial charge in [-0.25, -0.2) is 0 Å². The van der Waals surface area contributed by atoms with Crippen molar-refractivity contribution in [3.05, 3.63) is 89.5 Å². The molecule has 0 aliphatic rings. The Labute approximate surface area is 193 Å². The van der Waals surface area contributed by atoms with Crippen molar-refractivity contribution in [3.8, 4) is 35.7 Å². The van der Waals surface area contributed by atoms with Gasteiger partial charge in [0.05, 0.1) is 7.11 Å². The van der Waals surface area contributed by atoms with Gasteiger partial charge in [-0.05, 0) is 48.0 Å². The lowest BCUT2D eigenvalue weighted by atomic mass is 10.1. The van der Waals surface area contributed by atoms with Crippen molar-refractivity contribution in [1.82, 2.24) is 0 Å². The summed E-state index contributed by atoms with van der Waals surface area (Å²) in [5.74, 6) is 3.49. The van der Waals surface area contributed by atoms with E-state index >= 15 is 0 Å². The monoisotopic (exact) mass is 438 g/mol. The summed E-state index contributed by atoms with van der Waals surface area (Å²) in [6, 6.07) is 23.7. The first kappa shape index (κ1) is 23.0. The van der Waals surface area contributed by atoms with Crippen LogP contribution in [0.3, 0.4) is 0 Å². The highest BCUT2D eigenvalue weighted by Gasteiger charge is 2.12. The van der Waals surface area contributed by atoms with Crippen LogP contribution in [0.5, 0.6) is 17.2 Å². The standard InChI is InChI=1S/C27H22N2O4/c1-3-15-32-26-17-25(31-2)12-9-21(26)16-22(18-28)27(30)29-23-10-13-24(14-11-23)33-19-20-7-5-4-6-8-20/h1,4-14,16-17H,15,19H2,2H3,(H,29,30)/b22-16+. The summed E-state index contributed by atoms with van der Waals surface area (Å²) in [4.78, 5) is 12.7. The lowest BCUT2D eigenvalue weighted by Gasteiger charge is -2.10. The Morgan fingerprint density at radius 3 is 2.42 bits per heavy atom. The van der Waals surface area contributed by atoms with E-state index in [2.05, 4.69) is 11.2 Å². The fourth-order valence-corrected chi connectivity index (χ4v) is 2.88. The molecular formula is C27H22N2O4. The predicted molar refractivity (Wildman–Crippen MR) is 127 cm³/mol. The van der Waals surface area contributed by atoms with Gasteiger partial charge in [0.2, 0.25) is 0 Å². The fraction of sp³-hybridized carbons (Fsp3) is 0.111. The largest absolute Gasteiger partial charge is 0.497 e. The van der Waals surface area contributed by atoms with E-state index in [-0.39, 0.29) is 12.2 Å². The molecule has 0 saturated heterocycles. The predicted octanol–water partition coefficient (Wildman–Crippen LogP) is 4.83. The molecule has 3 rings (SSSR count). The minimum atomic E-state index is -0.547. The molecule has 0 unspecified atom stereocenters. The SMILES string of the molecule is C#CCOc1cc(OC)ccc1/C=C(\C#N)C(=O)Nc1ccc(OCc2ccccc2)cc1. The van der Waals surface area contributed by atoms with Gasteiger partial charge in [-0.3, -0.25) is 4.79 Å². The average molecular weight is 438 g/mol. The van der Waals surface area contributed by atoms with Crippen LogP contribution in [0.1, 0.15) is 11.1 Å². The first-order valence-corrected chi connectivity index (χ1v) is 10.1. The molecule has 0 bridgehead atoms. The second kappa shape index (κ2) is 11.6. The molecule has 6 heteroatoms. The van der Waals surface area contributed by atoms with Crippen LogP contribution in [-0.2, 0) is 11.4 Å². The van der Waals surface area contributed by atoms with E-state index < -0.39 is 5.91 Å². The maximum Gasteiger partial charge on any atom is 0.266 e. The van der Waals surface area contributed by atoms with Gasteiger partial charge in [-0.2, -0.15) is 5.26 Å². The van der Waals surface area contributed by atoms with Crippen molar-refractivity contribution in [1.29, 1.82) is 5.26 Å². The van der Waals surface area contributed by atoms with Crippen LogP contribution in [-0.4, -0.2) is 19.6 Å². The first-order valence-electron chi connectivity index (χ1n) is 10.1. The average Bonchev–Trinajstić information content (AvgIpc) is 2.86. The summed E-state index contributed by atoms with van der Waals surface area (Å²) in [6.07, 6.45) is 6.71. The molecule has 1 amide bonds. The van der Waals surface area contributed by atoms with Crippen molar-refractivity contribution < 1.29 is 19.0 Å². The zero-order valence-electron chi connectivity index (χ0n) is 18.1. The third kappa shape index (κ3) is 6.65. The van der Waals surface area contributed by atoms with Crippen LogP contribution in [0.25, 0.3) is 6.08 Å². The third-order valence-electron chi connectivity index (χ3n) is 4.56. The molecule has 0 saturated carbocycles. The molecule has 6 nitrogen and oxygen atoms in total. The quantitative estimate of drug-likeness (QED) is 0.294. The van der Waals surface area contributed by atoms with Crippen molar-refractivity contribution in [3.63, 3.8) is 0 Å². The number of methoxy groups -OCH3 is 1. The molecule has 0 spiro atoms. The number of nitrogens with one attached hydrogen (secondary N) is 1. The number of carbonyl (C=O) groups excluding carboxylic acids is 1. The molecule has 0 aliphatic carbocycles. The van der Waals surface area contributed by atoms with E-state index in [4.69, 9.17) is 20.6 Å². The van der Waals surface area contributed by atoms with E-state index in [9.17, 15) is 10.1 Å². The first-order chi connectivity index (χ1) is 16.1. The van der Waals surface area contributed by atoms with Crippen molar-refractivity contribution in [2.45, 2.75) is 6.61 Å². The summed E-state index contributed by atoms with van der Waals surface area (Å²) >= 11 is 0. The Morgan fingerprint density at radius 1 is 1.03 bits per heavy atom. The molecule has 0 aliphatic heterocycles. The summed E-state index contributed by atoms with van der Waals surface area (Å²) in [5.41, 5.74) is 2.03. The number of terminal acetylenes is 1. The Hall–Kier alpha value is -4.68. The molecule has 0 fully saturated rings. The normalized spacial score (nSPS) is 10.5. The second-order valence-corrected chi connectivity index (χ2v) is 6.82. The van der Waals surface area contributed by atoms with E-state index in [0.29, 0.717) is 35.1 Å². The Balaban J connectivity index is 1.69. The maximum atomic E-state index is 12.7. The van der Waals surface area contributed by atoms with Gasteiger partial charge in [-0.15, -0.1) is 6.42 Å². The number of amides is 1. The highest BCUT2D eigenvalue weighted by molar-refractivity contribution is 6.09. The van der Waals surface area contributed by atoms with Crippen molar-refractivity contribution >= 4 is 17.7 Å². The molecule has 33 heavy (non-hydrogen) atoms. The van der Waals surface area contributed by atoms with Crippen LogP contribution in [0.15, 0.2) is 78.4 Å². The molecule has 0 radical (unpaired) electrons. The Morgan fingerprint density at radius 2 is 1.76 bits per heavy atom. The number of anilines is 1. The number of benzene rings is 3. The van der Waals surface area contributed by atoms with Crippen LogP contribution < -0.4 is 19.5 Å². The fourth-order valence-electron chi connectivity index (χ4n) is 2.88. The van der Waals surface area contributed by atoms with Crippen LogP contribution >= 0.6 is 0 Å². The molecule has 0 aromatic heterocycles. The smallest absolute Gasteiger partial charge is 0.266 e. The molecule has 1 N–H and O–H groups in total. The summed E-state index contributed by atoms with van der Waals surface area (Å²) in [6.45, 7) is 0.487. The lowest BCUT2D eigenvalue weighted by Crippen LogP contribution is -2.13. The van der Waals surface area contributed by atoms with E-state index in [0.717, 1.165) is 5.56 Å². The summed E-state index contributed by atoms with van der Waals surface area (Å²) < 4.78 is 16.5. The minimum Gasteiger partial charge on any atom is -0.497 e. The molecule has 3 aromatic carbocycles. The summed E-state index contributed by atoms with van der Waals surface area (Å²) in [5, 5.41) is 12.2. The van der Waals surface area contributed by atoms with Crippen LogP contribution in [0.4, 0.5) is 5.69 Å². The van der Waals surface area contributed by atoms with Gasteiger partial charge in [0, 0.05) is 17.3 Å². The van der Waals surface area contributed by atoms with Gasteiger partial charge >= 0.3 is 0 Å². The number of hydrogen-bond acceptors (Lipinski definition) is 5. The summed E-state index contributed by atoms with van der Waals surface area (Å²) in [7, 11) is 1.53. The number of carbonyl (C=O) groups is 1. The number of nitriles is 1. The molecule has 164 valence electrons. The topological polar surface area (TPSA) is 80.6 Å². The van der Waals surface area contributed by atoms with Gasteiger partial charge in [0.1, 0.15) is 42.1 Å². The maximum absolute atomic E-state index is 12.7. The molecular weight excluding hydrogens is 416 g/mol. The number of hydrogen-bond donors (Lipinski definition) is 1. The number of nitrogens with zero attached hydrogens (tertiary/aromatic N) is 1. The Bertz CT molecular complexity index is 1200. The van der Waals surface area contributed by atoms with Crippen molar-refractivity contribution in [2.24, 2.45) is 0 Å². The second-order valence-electron chi connectivity index (χ2n) is 6.82. The highest BCUT2D eigenvalue weighted by Crippen LogP contribution is 2.27. The van der Waals surface area contributed by atoms with Crippen LogP contribution in [0.2, 0.25) is 0 Å². The molecule has 0 atom stereocenters. The Kier molecular flexibility index (Phi) is 8.11. The minimum absolute atomic E-state index is 0.0424. The highest BCUT2D eigenvalue weighted by atomic mass is 16.5. The molecule has 3 aromatic rings. The zero-order chi connectivity index (χ0) is 23.5. The van der Waals surface area contributed by atoms with E-state index in [1.54, 1.807) is 42.5 Å². The van der Waals surface area contributed by atoms with Crippen LogP contribution in [0, 0.1) is 23.7 Å². The van der Waals surface area contributed by atoms with E-state index in [1.165, 1.54) is 13.2 Å². The zero-order valence-corrected chi connectivity index (χ0v) is 18.1.